The fourth-order valence-electron chi connectivity index (χ4n) is 2.13. The number of nitrogens with zero attached hydrogens (tertiary/aromatic N) is 3. The monoisotopic (exact) mass is 261 g/mol. The number of aromatic nitrogens is 2. The van der Waals surface area contributed by atoms with Crippen LogP contribution in [0.5, 0.6) is 0 Å². The fourth-order valence-corrected chi connectivity index (χ4v) is 2.13. The summed E-state index contributed by atoms with van der Waals surface area (Å²) < 4.78 is 1.80. The highest BCUT2D eigenvalue weighted by molar-refractivity contribution is 5.54. The van der Waals surface area contributed by atoms with Gasteiger partial charge in [0.25, 0.3) is 0 Å². The average molecular weight is 261 g/mol. The summed E-state index contributed by atoms with van der Waals surface area (Å²) in [6, 6.07) is 9.76. The van der Waals surface area contributed by atoms with Gasteiger partial charge in [0.05, 0.1) is 24.6 Å². The van der Waals surface area contributed by atoms with E-state index in [0.29, 0.717) is 6.54 Å². The zero-order valence-electron chi connectivity index (χ0n) is 11.2. The van der Waals surface area contributed by atoms with Gasteiger partial charge in [-0.15, -0.1) is 0 Å². The molecule has 0 unspecified atom stereocenters. The minimum absolute atomic E-state index is 0.0559. The van der Waals surface area contributed by atoms with Crippen LogP contribution in [0.3, 0.4) is 0 Å². The zero-order chi connectivity index (χ0) is 13.8. The number of rotatable bonds is 5. The van der Waals surface area contributed by atoms with Crippen LogP contribution in [0.15, 0.2) is 30.3 Å². The normalized spacial score (nSPS) is 10.7. The van der Waals surface area contributed by atoms with Gasteiger partial charge in [-0.3, -0.25) is 0 Å². The Balaban J connectivity index is 2.55. The number of aryl methyl sites for hydroxylation is 1. The van der Waals surface area contributed by atoms with Crippen LogP contribution in [0.4, 0.5) is 5.82 Å². The van der Waals surface area contributed by atoms with Crippen LogP contribution in [0.1, 0.15) is 11.3 Å². The Labute approximate surface area is 112 Å². The third-order valence-electron chi connectivity index (χ3n) is 3.11. The van der Waals surface area contributed by atoms with Crippen LogP contribution in [-0.2, 0) is 6.61 Å². The zero-order valence-corrected chi connectivity index (χ0v) is 11.2. The molecular weight excluding hydrogens is 242 g/mol. The van der Waals surface area contributed by atoms with E-state index >= 15 is 0 Å². The summed E-state index contributed by atoms with van der Waals surface area (Å²) in [5.74, 6) is 0.820. The summed E-state index contributed by atoms with van der Waals surface area (Å²) in [5.41, 5.74) is 2.52. The molecule has 1 aromatic heterocycles. The molecule has 0 radical (unpaired) electrons. The number of anilines is 1. The predicted molar refractivity (Wildman–Crippen MR) is 74.6 cm³/mol. The summed E-state index contributed by atoms with van der Waals surface area (Å²) in [5, 5.41) is 23.1. The molecule has 0 aliphatic heterocycles. The van der Waals surface area contributed by atoms with E-state index in [2.05, 4.69) is 5.10 Å². The van der Waals surface area contributed by atoms with Gasteiger partial charge in [-0.05, 0) is 19.1 Å². The molecule has 0 saturated carbocycles. The summed E-state index contributed by atoms with van der Waals surface area (Å²) in [7, 11) is 1.88. The van der Waals surface area contributed by atoms with Gasteiger partial charge in [0.1, 0.15) is 5.82 Å². The maximum atomic E-state index is 9.53. The van der Waals surface area contributed by atoms with Crippen LogP contribution in [-0.4, -0.2) is 40.2 Å². The Hall–Kier alpha value is -1.85. The van der Waals surface area contributed by atoms with Crippen molar-refractivity contribution < 1.29 is 10.2 Å². The largest absolute Gasteiger partial charge is 0.395 e. The average Bonchev–Trinajstić information content (AvgIpc) is 2.77. The summed E-state index contributed by atoms with van der Waals surface area (Å²) in [4.78, 5) is 1.90. The summed E-state index contributed by atoms with van der Waals surface area (Å²) >= 11 is 0. The predicted octanol–water partition coefficient (Wildman–Crippen LogP) is 1.10. The molecule has 0 fully saturated rings. The molecule has 0 bridgehead atoms. The number of benzene rings is 1. The minimum Gasteiger partial charge on any atom is -0.395 e. The van der Waals surface area contributed by atoms with E-state index in [1.807, 2.05) is 49.2 Å². The van der Waals surface area contributed by atoms with Crippen molar-refractivity contribution in [2.75, 3.05) is 25.1 Å². The summed E-state index contributed by atoms with van der Waals surface area (Å²) in [6.07, 6.45) is 0. The number of para-hydroxylation sites is 1. The third-order valence-corrected chi connectivity index (χ3v) is 3.11. The lowest BCUT2D eigenvalue weighted by atomic mass is 10.2. The fraction of sp³-hybridized carbons (Fsp3) is 0.357. The maximum absolute atomic E-state index is 9.53. The van der Waals surface area contributed by atoms with Gasteiger partial charge in [0, 0.05) is 19.2 Å². The summed E-state index contributed by atoms with van der Waals surface area (Å²) in [6.45, 7) is 2.36. The Morgan fingerprint density at radius 3 is 2.47 bits per heavy atom. The van der Waals surface area contributed by atoms with Gasteiger partial charge in [0.2, 0.25) is 0 Å². The molecular formula is C14H19N3O2. The first-order valence-corrected chi connectivity index (χ1v) is 6.25. The molecule has 5 heteroatoms. The van der Waals surface area contributed by atoms with Gasteiger partial charge in [-0.1, -0.05) is 18.2 Å². The second-order valence-electron chi connectivity index (χ2n) is 4.44. The van der Waals surface area contributed by atoms with E-state index in [0.717, 1.165) is 22.8 Å². The van der Waals surface area contributed by atoms with Crippen LogP contribution < -0.4 is 4.90 Å². The number of aliphatic hydroxyl groups excluding tert-OH is 2. The van der Waals surface area contributed by atoms with E-state index in [9.17, 15) is 5.11 Å². The third kappa shape index (κ3) is 2.62. The Bertz CT molecular complexity index is 537. The van der Waals surface area contributed by atoms with Gasteiger partial charge in [-0.25, -0.2) is 4.68 Å². The molecule has 2 rings (SSSR count). The molecule has 0 atom stereocenters. The van der Waals surface area contributed by atoms with Crippen molar-refractivity contribution in [3.63, 3.8) is 0 Å². The topological polar surface area (TPSA) is 61.5 Å². The standard InChI is InChI=1S/C14H19N3O2/c1-11-13(10-19)14(16(2)8-9-18)17(15-11)12-6-4-3-5-7-12/h3-7,18-19H,8-10H2,1-2H3. The smallest absolute Gasteiger partial charge is 0.138 e. The van der Waals surface area contributed by atoms with Crippen LogP contribution in [0.2, 0.25) is 0 Å². The molecule has 19 heavy (non-hydrogen) atoms. The second kappa shape index (κ2) is 5.86. The molecule has 5 nitrogen and oxygen atoms in total. The van der Waals surface area contributed by atoms with Crippen molar-refractivity contribution in [1.82, 2.24) is 9.78 Å². The van der Waals surface area contributed by atoms with E-state index in [1.165, 1.54) is 0 Å². The molecule has 0 spiro atoms. The number of aliphatic hydroxyl groups is 2. The molecule has 1 aromatic carbocycles. The van der Waals surface area contributed by atoms with Crippen LogP contribution in [0, 0.1) is 6.92 Å². The minimum atomic E-state index is -0.0657. The quantitative estimate of drug-likeness (QED) is 0.846. The molecule has 0 aliphatic rings. The highest BCUT2D eigenvalue weighted by atomic mass is 16.3. The Morgan fingerprint density at radius 2 is 1.89 bits per heavy atom. The molecule has 2 aromatic rings. The molecule has 0 aliphatic carbocycles. The van der Waals surface area contributed by atoms with Crippen LogP contribution >= 0.6 is 0 Å². The molecule has 0 amide bonds. The maximum Gasteiger partial charge on any atom is 0.138 e. The number of hydrogen-bond acceptors (Lipinski definition) is 4. The first-order valence-electron chi connectivity index (χ1n) is 6.25. The number of likely N-dealkylation sites (N-methyl/N-ethyl adjacent to an activating group) is 1. The van der Waals surface area contributed by atoms with Crippen LogP contribution in [0.25, 0.3) is 5.69 Å². The van der Waals surface area contributed by atoms with Crippen molar-refractivity contribution in [1.29, 1.82) is 0 Å². The van der Waals surface area contributed by atoms with E-state index in [1.54, 1.807) is 4.68 Å². The van der Waals surface area contributed by atoms with Gasteiger partial charge >= 0.3 is 0 Å². The lowest BCUT2D eigenvalue weighted by Crippen LogP contribution is -2.25. The van der Waals surface area contributed by atoms with Gasteiger partial charge in [-0.2, -0.15) is 5.10 Å². The highest BCUT2D eigenvalue weighted by Crippen LogP contribution is 2.26. The molecule has 1 heterocycles. The highest BCUT2D eigenvalue weighted by Gasteiger charge is 2.18. The molecule has 102 valence electrons. The molecule has 2 N–H and O–H groups in total. The van der Waals surface area contributed by atoms with Crippen molar-refractivity contribution >= 4 is 5.82 Å². The van der Waals surface area contributed by atoms with Gasteiger partial charge < -0.3 is 15.1 Å². The first-order chi connectivity index (χ1) is 9.19. The molecule has 0 saturated heterocycles. The van der Waals surface area contributed by atoms with Crippen molar-refractivity contribution in [2.45, 2.75) is 13.5 Å². The first kappa shape index (κ1) is 13.6. The van der Waals surface area contributed by atoms with Crippen molar-refractivity contribution in [2.24, 2.45) is 0 Å². The number of hydrogen-bond donors (Lipinski definition) is 2. The Kier molecular flexibility index (Phi) is 4.19. The SMILES string of the molecule is Cc1nn(-c2ccccc2)c(N(C)CCO)c1CO. The second-order valence-corrected chi connectivity index (χ2v) is 4.44. The van der Waals surface area contributed by atoms with E-state index in [4.69, 9.17) is 5.11 Å². The lowest BCUT2D eigenvalue weighted by molar-refractivity contribution is 0.280. The Morgan fingerprint density at radius 1 is 1.21 bits per heavy atom. The van der Waals surface area contributed by atoms with E-state index < -0.39 is 0 Å². The van der Waals surface area contributed by atoms with Crippen molar-refractivity contribution in [3.05, 3.63) is 41.6 Å². The lowest BCUT2D eigenvalue weighted by Gasteiger charge is -2.20. The van der Waals surface area contributed by atoms with Gasteiger partial charge in [0.15, 0.2) is 0 Å². The van der Waals surface area contributed by atoms with E-state index in [-0.39, 0.29) is 13.2 Å². The van der Waals surface area contributed by atoms with Crippen molar-refractivity contribution in [3.8, 4) is 5.69 Å².